The van der Waals surface area contributed by atoms with Crippen LogP contribution in [0.5, 0.6) is 0 Å². The van der Waals surface area contributed by atoms with Gasteiger partial charge in [-0.1, -0.05) is 0 Å². The minimum atomic E-state index is 0.698. The highest BCUT2D eigenvalue weighted by molar-refractivity contribution is 6.16. The number of aromatic nitrogens is 2. The SMILES string of the molecule is c1nc2c3c(c4c5c6c(cnc52)CCC2CCCC(C4)N62)CC2CCCC4CCc1c3N42. The maximum atomic E-state index is 5.15. The summed E-state index contributed by atoms with van der Waals surface area (Å²) >= 11 is 0. The fourth-order valence-electron chi connectivity index (χ4n) is 8.86. The second-order valence-corrected chi connectivity index (χ2v) is 11.4. The van der Waals surface area contributed by atoms with Gasteiger partial charge < -0.3 is 9.80 Å². The number of nitrogens with zero attached hydrogens (tertiary/aromatic N) is 4. The number of piperidine rings is 2. The van der Waals surface area contributed by atoms with Crippen molar-refractivity contribution in [3.05, 3.63) is 34.6 Å². The van der Waals surface area contributed by atoms with E-state index in [0.717, 1.165) is 12.1 Å². The molecule has 2 saturated heterocycles. The maximum absolute atomic E-state index is 5.15. The predicted octanol–water partition coefficient (Wildman–Crippen LogP) is 5.24. The van der Waals surface area contributed by atoms with Crippen LogP contribution in [0.2, 0.25) is 0 Å². The molecule has 3 aromatic rings. The van der Waals surface area contributed by atoms with Gasteiger partial charge in [0, 0.05) is 47.3 Å². The number of aryl methyl sites for hydroxylation is 2. The molecule has 4 atom stereocenters. The number of rotatable bonds is 0. The molecule has 1 aromatic carbocycles. The van der Waals surface area contributed by atoms with Gasteiger partial charge in [-0.15, -0.1) is 0 Å². The zero-order valence-electron chi connectivity index (χ0n) is 18.7. The van der Waals surface area contributed by atoms with Crippen LogP contribution in [0.3, 0.4) is 0 Å². The molecule has 0 bridgehead atoms. The second-order valence-electron chi connectivity index (χ2n) is 11.4. The van der Waals surface area contributed by atoms with E-state index in [1.807, 2.05) is 0 Å². The largest absolute Gasteiger partial charge is 0.364 e. The highest BCUT2D eigenvalue weighted by atomic mass is 15.2. The van der Waals surface area contributed by atoms with Crippen LogP contribution in [0.25, 0.3) is 21.8 Å². The Bertz CT molecular complexity index is 1240. The third-order valence-electron chi connectivity index (χ3n) is 10.1. The van der Waals surface area contributed by atoms with E-state index in [9.17, 15) is 0 Å². The molecule has 0 saturated carbocycles. The van der Waals surface area contributed by atoms with Crippen molar-refractivity contribution in [1.82, 2.24) is 9.97 Å². The molecule has 4 nitrogen and oxygen atoms in total. The molecule has 4 unspecified atom stereocenters. The zero-order valence-corrected chi connectivity index (χ0v) is 18.7. The lowest BCUT2D eigenvalue weighted by atomic mass is 9.74. The average Bonchev–Trinajstić information content (AvgIpc) is 2.85. The fraction of sp³-hybridized carbons (Fsp3) is 0.571. The normalized spacial score (nSPS) is 31.4. The molecule has 9 rings (SSSR count). The average molecular weight is 423 g/mol. The van der Waals surface area contributed by atoms with E-state index in [0.29, 0.717) is 12.1 Å². The van der Waals surface area contributed by atoms with E-state index < -0.39 is 0 Å². The number of benzene rings is 1. The van der Waals surface area contributed by atoms with Gasteiger partial charge in [-0.05, 0) is 99.3 Å². The summed E-state index contributed by atoms with van der Waals surface area (Å²) in [5.41, 5.74) is 11.9. The summed E-state index contributed by atoms with van der Waals surface area (Å²) in [5.74, 6) is 0. The van der Waals surface area contributed by atoms with Crippen molar-refractivity contribution in [3.8, 4) is 0 Å². The molecule has 4 heteroatoms. The van der Waals surface area contributed by atoms with E-state index in [2.05, 4.69) is 22.2 Å². The van der Waals surface area contributed by atoms with Crippen molar-refractivity contribution >= 4 is 33.2 Å². The van der Waals surface area contributed by atoms with Gasteiger partial charge in [-0.3, -0.25) is 9.97 Å². The molecule has 0 N–H and O–H groups in total. The maximum Gasteiger partial charge on any atom is 0.0989 e. The van der Waals surface area contributed by atoms with Crippen molar-refractivity contribution in [2.24, 2.45) is 0 Å². The van der Waals surface area contributed by atoms with E-state index in [-0.39, 0.29) is 0 Å². The van der Waals surface area contributed by atoms with Crippen molar-refractivity contribution in [1.29, 1.82) is 0 Å². The third kappa shape index (κ3) is 1.90. The lowest BCUT2D eigenvalue weighted by Gasteiger charge is -2.53. The number of fused-ring (bicyclic) bond motifs is 2. The van der Waals surface area contributed by atoms with Gasteiger partial charge in [0.2, 0.25) is 0 Å². The Labute approximate surface area is 189 Å². The van der Waals surface area contributed by atoms with Gasteiger partial charge in [-0.25, -0.2) is 0 Å². The monoisotopic (exact) mass is 422 g/mol. The van der Waals surface area contributed by atoms with Gasteiger partial charge in [-0.2, -0.15) is 0 Å². The molecule has 6 aliphatic rings. The van der Waals surface area contributed by atoms with E-state index in [4.69, 9.17) is 9.97 Å². The number of pyridine rings is 2. The van der Waals surface area contributed by atoms with Crippen molar-refractivity contribution in [3.63, 3.8) is 0 Å². The highest BCUT2D eigenvalue weighted by Gasteiger charge is 2.44. The number of hydrogen-bond donors (Lipinski definition) is 0. The summed E-state index contributed by atoms with van der Waals surface area (Å²) in [6, 6.07) is 2.89. The molecule has 2 fully saturated rings. The lowest BCUT2D eigenvalue weighted by molar-refractivity contribution is 0.344. The van der Waals surface area contributed by atoms with E-state index >= 15 is 0 Å². The molecule has 8 heterocycles. The van der Waals surface area contributed by atoms with E-state index in [1.54, 1.807) is 22.5 Å². The molecule has 6 aliphatic heterocycles. The van der Waals surface area contributed by atoms with Crippen LogP contribution in [0.15, 0.2) is 12.4 Å². The summed E-state index contributed by atoms with van der Waals surface area (Å²) < 4.78 is 0. The van der Waals surface area contributed by atoms with E-state index in [1.165, 1.54) is 110 Å². The van der Waals surface area contributed by atoms with Crippen LogP contribution in [-0.2, 0) is 25.7 Å². The van der Waals surface area contributed by atoms with Gasteiger partial charge in [0.25, 0.3) is 0 Å². The Morgan fingerprint density at radius 3 is 1.56 bits per heavy atom. The van der Waals surface area contributed by atoms with Gasteiger partial charge in [0.1, 0.15) is 0 Å². The minimum absolute atomic E-state index is 0.698. The molecular weight excluding hydrogens is 392 g/mol. The summed E-state index contributed by atoms with van der Waals surface area (Å²) in [4.78, 5) is 16.0. The van der Waals surface area contributed by atoms with Gasteiger partial charge >= 0.3 is 0 Å². The van der Waals surface area contributed by atoms with Crippen LogP contribution < -0.4 is 9.80 Å². The molecule has 2 aromatic heterocycles. The molecule has 0 amide bonds. The Balaban J connectivity index is 1.44. The Hall–Kier alpha value is -2.36. The second kappa shape index (κ2) is 5.76. The standard InChI is InChI=1S/C28H30N4/c1-3-17-9-7-15-13-29-25-23-21(11-19(5-1)31(17)27(15)23)22-12-20-6-2-4-18-10-8-16-14-30-26(25)24(22)28(16)32(18)20/h13-14,17-20H,1-12H2. The highest BCUT2D eigenvalue weighted by Crippen LogP contribution is 2.54. The molecule has 0 aliphatic carbocycles. The first-order valence-corrected chi connectivity index (χ1v) is 13.2. The van der Waals surface area contributed by atoms with Gasteiger partial charge in [0.15, 0.2) is 0 Å². The lowest BCUT2D eigenvalue weighted by Crippen LogP contribution is -2.53. The van der Waals surface area contributed by atoms with Crippen LogP contribution in [0.4, 0.5) is 11.4 Å². The topological polar surface area (TPSA) is 32.3 Å². The Kier molecular flexibility index (Phi) is 3.09. The van der Waals surface area contributed by atoms with Crippen molar-refractivity contribution < 1.29 is 0 Å². The van der Waals surface area contributed by atoms with Crippen LogP contribution in [0, 0.1) is 0 Å². The third-order valence-corrected chi connectivity index (χ3v) is 10.1. The summed E-state index contributed by atoms with van der Waals surface area (Å²) in [6.45, 7) is 0. The molecule has 32 heavy (non-hydrogen) atoms. The predicted molar refractivity (Wildman–Crippen MR) is 129 cm³/mol. The Morgan fingerprint density at radius 2 is 1.06 bits per heavy atom. The van der Waals surface area contributed by atoms with Crippen LogP contribution in [0.1, 0.15) is 73.6 Å². The van der Waals surface area contributed by atoms with Crippen molar-refractivity contribution in [2.45, 2.75) is 101 Å². The van der Waals surface area contributed by atoms with Crippen molar-refractivity contribution in [2.75, 3.05) is 9.80 Å². The first-order chi connectivity index (χ1) is 15.9. The number of anilines is 2. The summed E-state index contributed by atoms with van der Waals surface area (Å²) in [6.07, 6.45) is 20.2. The molecular formula is C28H30N4. The Morgan fingerprint density at radius 1 is 0.594 bits per heavy atom. The first-order valence-electron chi connectivity index (χ1n) is 13.2. The van der Waals surface area contributed by atoms with Gasteiger partial charge in [0.05, 0.1) is 22.4 Å². The fourth-order valence-corrected chi connectivity index (χ4v) is 8.86. The van der Waals surface area contributed by atoms with Crippen LogP contribution in [-0.4, -0.2) is 34.1 Å². The van der Waals surface area contributed by atoms with Crippen LogP contribution >= 0.6 is 0 Å². The minimum Gasteiger partial charge on any atom is -0.364 e. The molecule has 0 spiro atoms. The summed E-state index contributed by atoms with van der Waals surface area (Å²) in [5, 5.41) is 2.99. The first kappa shape index (κ1) is 17.2. The smallest absolute Gasteiger partial charge is 0.0989 e. The zero-order chi connectivity index (χ0) is 20.6. The molecule has 162 valence electrons. The quantitative estimate of drug-likeness (QED) is 0.464. The number of hydrogen-bond acceptors (Lipinski definition) is 4. The molecule has 0 radical (unpaired) electrons. The summed E-state index contributed by atoms with van der Waals surface area (Å²) in [7, 11) is 0.